The zero-order chi connectivity index (χ0) is 20.2. The number of anilines is 1. The second kappa shape index (κ2) is 8.11. The van der Waals surface area contributed by atoms with Crippen molar-refractivity contribution in [1.82, 2.24) is 15.3 Å². The van der Waals surface area contributed by atoms with Gasteiger partial charge in [0.05, 0.1) is 18.4 Å². The highest BCUT2D eigenvalue weighted by Crippen LogP contribution is 2.23. The number of carbonyl (C=O) groups excluding carboxylic acids is 3. The summed E-state index contributed by atoms with van der Waals surface area (Å²) >= 11 is 0. The minimum Gasteiger partial charge on any atom is -0.507 e. The molecule has 2 aromatic heterocycles. The Morgan fingerprint density at radius 1 is 1.21 bits per heavy atom. The highest BCUT2D eigenvalue weighted by molar-refractivity contribution is 6.52. The highest BCUT2D eigenvalue weighted by Gasteiger charge is 2.41. The van der Waals surface area contributed by atoms with Gasteiger partial charge in [-0.2, -0.15) is 0 Å². The van der Waals surface area contributed by atoms with Crippen LogP contribution in [0.1, 0.15) is 5.56 Å². The van der Waals surface area contributed by atoms with E-state index in [0.717, 1.165) is 10.9 Å². The fourth-order valence-electron chi connectivity index (χ4n) is 2.96. The zero-order valence-electron chi connectivity index (χ0n) is 15.0. The van der Waals surface area contributed by atoms with E-state index in [9.17, 15) is 14.4 Å². The number of hydrogen-bond acceptors (Lipinski definition) is 8. The Labute approximate surface area is 164 Å². The van der Waals surface area contributed by atoms with Crippen LogP contribution in [0.4, 0.5) is 5.82 Å². The van der Waals surface area contributed by atoms with Gasteiger partial charge in [0.2, 0.25) is 0 Å². The maximum absolute atomic E-state index is 12.4. The Hall–Kier alpha value is -3.73. The molecule has 146 valence electrons. The van der Waals surface area contributed by atoms with E-state index >= 15 is 0 Å². The molecular weight excluding hydrogens is 379 g/mol. The second-order valence-electron chi connectivity index (χ2n) is 6.26. The summed E-state index contributed by atoms with van der Waals surface area (Å²) in [5.41, 5.74) is 1.45. The number of benzene rings is 1. The molecule has 0 unspecified atom stereocenters. The third-order valence-corrected chi connectivity index (χ3v) is 4.27. The van der Waals surface area contributed by atoms with Crippen LogP contribution in [0.25, 0.3) is 11.0 Å². The van der Waals surface area contributed by atoms with Crippen molar-refractivity contribution in [3.05, 3.63) is 54.7 Å². The molecule has 4 rings (SSSR count). The van der Waals surface area contributed by atoms with E-state index in [1.54, 1.807) is 6.26 Å². The van der Waals surface area contributed by atoms with Gasteiger partial charge in [-0.1, -0.05) is 18.2 Å². The fraction of sp³-hybridized carbons (Fsp3) is 0.167. The molecule has 1 aromatic carbocycles. The lowest BCUT2D eigenvalue weighted by atomic mass is 9.75. The van der Waals surface area contributed by atoms with Gasteiger partial charge in [0, 0.05) is 17.8 Å². The first-order valence-corrected chi connectivity index (χ1v) is 8.74. The monoisotopic (exact) mass is 394 g/mol. The average molecular weight is 394 g/mol. The largest absolute Gasteiger partial charge is 0.552 e. The van der Waals surface area contributed by atoms with Crippen molar-refractivity contribution in [3.63, 3.8) is 0 Å². The maximum Gasteiger partial charge on any atom is 0.552 e. The number of fused-ring (bicyclic) bond motifs is 1. The van der Waals surface area contributed by atoms with Crippen molar-refractivity contribution in [2.24, 2.45) is 0 Å². The van der Waals surface area contributed by atoms with E-state index < -0.39 is 30.8 Å². The van der Waals surface area contributed by atoms with Gasteiger partial charge in [0.1, 0.15) is 12.2 Å². The zero-order valence-corrected chi connectivity index (χ0v) is 15.0. The summed E-state index contributed by atoms with van der Waals surface area (Å²) in [6.45, 7) is -0.227. The predicted octanol–water partition coefficient (Wildman–Crippen LogP) is 0.490. The smallest absolute Gasteiger partial charge is 0.507 e. The number of furan rings is 1. The molecule has 3 aromatic rings. The van der Waals surface area contributed by atoms with Crippen LogP contribution in [0.2, 0.25) is 0 Å². The molecule has 1 saturated heterocycles. The number of carbonyl (C=O) groups is 3. The molecule has 1 aliphatic rings. The summed E-state index contributed by atoms with van der Waals surface area (Å²) in [7, 11) is -1.02. The molecule has 2 N–H and O–H groups in total. The summed E-state index contributed by atoms with van der Waals surface area (Å²) in [6, 6.07) is 7.38. The number of para-hydroxylation sites is 1. The molecule has 1 fully saturated rings. The minimum atomic E-state index is -1.02. The Kier molecular flexibility index (Phi) is 5.21. The number of aromatic nitrogens is 2. The van der Waals surface area contributed by atoms with E-state index in [2.05, 4.69) is 20.6 Å². The van der Waals surface area contributed by atoms with Crippen LogP contribution in [0.15, 0.2) is 53.5 Å². The van der Waals surface area contributed by atoms with E-state index in [-0.39, 0.29) is 18.8 Å². The van der Waals surface area contributed by atoms with Crippen LogP contribution in [0.5, 0.6) is 0 Å². The number of amides is 2. The maximum atomic E-state index is 12.4. The number of hydrogen-bond donors (Lipinski definition) is 2. The average Bonchev–Trinajstić information content (AvgIpc) is 3.34. The van der Waals surface area contributed by atoms with E-state index in [4.69, 9.17) is 13.7 Å². The molecule has 2 amide bonds. The molecule has 1 aliphatic heterocycles. The van der Waals surface area contributed by atoms with Crippen molar-refractivity contribution in [1.29, 1.82) is 0 Å². The molecule has 0 saturated carbocycles. The quantitative estimate of drug-likeness (QED) is 0.472. The number of nitrogens with one attached hydrogen (secondary N) is 2. The predicted molar refractivity (Wildman–Crippen MR) is 100 cm³/mol. The second-order valence-corrected chi connectivity index (χ2v) is 6.26. The standard InChI is InChI=1S/C18H15BN4O6/c24-16-10-28-19(29-16)14(7-11-9-27-13-4-2-1-3-12(11)13)22-17(25)18(26)23-15-8-20-5-6-21-15/h1-6,8-9,14H,7,10H2,(H,22,25)(H,21,23,26)/t14-/m0/s1. The Morgan fingerprint density at radius 2 is 2.07 bits per heavy atom. The molecule has 0 aliphatic carbocycles. The third-order valence-electron chi connectivity index (χ3n) is 4.27. The molecule has 29 heavy (non-hydrogen) atoms. The van der Waals surface area contributed by atoms with E-state index in [1.807, 2.05) is 24.3 Å². The summed E-state index contributed by atoms with van der Waals surface area (Å²) in [4.78, 5) is 43.7. The van der Waals surface area contributed by atoms with Crippen LogP contribution in [0.3, 0.4) is 0 Å². The molecule has 11 heteroatoms. The van der Waals surface area contributed by atoms with Gasteiger partial charge in [-0.25, -0.2) is 4.98 Å². The highest BCUT2D eigenvalue weighted by atomic mass is 16.7. The Morgan fingerprint density at radius 3 is 2.83 bits per heavy atom. The lowest BCUT2D eigenvalue weighted by Crippen LogP contribution is -2.51. The first kappa shape index (κ1) is 18.6. The van der Waals surface area contributed by atoms with Crippen molar-refractivity contribution in [2.45, 2.75) is 12.4 Å². The lowest BCUT2D eigenvalue weighted by molar-refractivity contribution is -0.136. The van der Waals surface area contributed by atoms with Gasteiger partial charge < -0.3 is 24.4 Å². The molecule has 0 spiro atoms. The summed E-state index contributed by atoms with van der Waals surface area (Å²) in [5.74, 6) is -3.08. The van der Waals surface area contributed by atoms with Crippen molar-refractivity contribution >= 4 is 41.7 Å². The third kappa shape index (κ3) is 4.24. The normalized spacial score (nSPS) is 14.5. The Balaban J connectivity index is 1.50. The van der Waals surface area contributed by atoms with E-state index in [0.29, 0.717) is 5.58 Å². The van der Waals surface area contributed by atoms with Crippen molar-refractivity contribution in [2.75, 3.05) is 11.9 Å². The van der Waals surface area contributed by atoms with Crippen molar-refractivity contribution < 1.29 is 28.1 Å². The van der Waals surface area contributed by atoms with Gasteiger partial charge in [0.25, 0.3) is 0 Å². The molecule has 3 heterocycles. The lowest BCUT2D eigenvalue weighted by Gasteiger charge is -2.18. The summed E-state index contributed by atoms with van der Waals surface area (Å²) in [5, 5.41) is 5.75. The van der Waals surface area contributed by atoms with Crippen LogP contribution < -0.4 is 10.6 Å². The molecule has 0 bridgehead atoms. The Bertz CT molecular complexity index is 1060. The van der Waals surface area contributed by atoms with Crippen LogP contribution >= 0.6 is 0 Å². The topological polar surface area (TPSA) is 133 Å². The summed E-state index contributed by atoms with van der Waals surface area (Å²) in [6.07, 6.45) is 5.90. The SMILES string of the molecule is O=C1COB([C@H](Cc2coc3ccccc23)NC(=O)C(=O)Nc2cnccn2)O1. The fourth-order valence-corrected chi connectivity index (χ4v) is 2.96. The van der Waals surface area contributed by atoms with E-state index in [1.165, 1.54) is 18.6 Å². The van der Waals surface area contributed by atoms with Crippen LogP contribution in [0, 0.1) is 0 Å². The van der Waals surface area contributed by atoms with Crippen LogP contribution in [-0.4, -0.2) is 47.4 Å². The molecule has 1 atom stereocenters. The minimum absolute atomic E-state index is 0.133. The van der Waals surface area contributed by atoms with Gasteiger partial charge in [-0.15, -0.1) is 0 Å². The molecule has 0 radical (unpaired) electrons. The van der Waals surface area contributed by atoms with Crippen LogP contribution in [-0.2, 0) is 30.1 Å². The van der Waals surface area contributed by atoms with Gasteiger partial charge in [-0.05, 0) is 18.1 Å². The number of nitrogens with zero attached hydrogens (tertiary/aromatic N) is 2. The van der Waals surface area contributed by atoms with Crippen molar-refractivity contribution in [3.8, 4) is 0 Å². The van der Waals surface area contributed by atoms with Gasteiger partial charge in [-0.3, -0.25) is 19.4 Å². The summed E-state index contributed by atoms with van der Waals surface area (Å²) < 4.78 is 15.9. The molecule has 10 nitrogen and oxygen atoms in total. The molecular formula is C18H15BN4O6. The van der Waals surface area contributed by atoms with Gasteiger partial charge in [0.15, 0.2) is 5.82 Å². The first-order valence-electron chi connectivity index (χ1n) is 8.74. The van der Waals surface area contributed by atoms with Gasteiger partial charge >= 0.3 is 24.9 Å². The number of rotatable bonds is 5. The first-order chi connectivity index (χ1) is 14.1.